The number of nitrogens with zero attached hydrogens (tertiary/aromatic N) is 2. The Morgan fingerprint density at radius 3 is 2.88 bits per heavy atom. The van der Waals surface area contributed by atoms with Crippen LogP contribution in [-0.4, -0.2) is 20.6 Å². The molecule has 3 aromatic rings. The van der Waals surface area contributed by atoms with Gasteiger partial charge in [-0.3, -0.25) is 14.2 Å². The average Bonchev–Trinajstić information content (AvgIpc) is 3.17. The lowest BCUT2D eigenvalue weighted by Crippen LogP contribution is -2.24. The molecule has 2 aromatic heterocycles. The van der Waals surface area contributed by atoms with Crippen molar-refractivity contribution in [2.75, 3.05) is 0 Å². The number of thiophene rings is 1. The highest BCUT2D eigenvalue weighted by Gasteiger charge is 2.24. The van der Waals surface area contributed by atoms with Gasteiger partial charge in [0.2, 0.25) is 0 Å². The molecule has 0 atom stereocenters. The summed E-state index contributed by atoms with van der Waals surface area (Å²) in [5.74, 6) is -0.360. The van der Waals surface area contributed by atoms with Gasteiger partial charge in [0.15, 0.2) is 0 Å². The number of aliphatic carboxylic acids is 1. The summed E-state index contributed by atoms with van der Waals surface area (Å²) in [6, 6.07) is 7.29. The predicted octanol–water partition coefficient (Wildman–Crippen LogP) is 4.13. The van der Waals surface area contributed by atoms with Crippen LogP contribution in [0.3, 0.4) is 0 Å². The fraction of sp³-hybridized carbons (Fsp3) is 0.316. The van der Waals surface area contributed by atoms with E-state index in [4.69, 9.17) is 21.7 Å². The van der Waals surface area contributed by atoms with E-state index in [9.17, 15) is 9.59 Å². The summed E-state index contributed by atoms with van der Waals surface area (Å²) in [6.45, 7) is 0.305. The normalized spacial score (nSPS) is 13.3. The molecule has 5 nitrogen and oxygen atoms in total. The van der Waals surface area contributed by atoms with Gasteiger partial charge in [-0.2, -0.15) is 0 Å². The lowest BCUT2D eigenvalue weighted by molar-refractivity contribution is -0.137. The Kier molecular flexibility index (Phi) is 4.54. The molecular weight excluding hydrogens is 372 g/mol. The Balaban J connectivity index is 1.92. The van der Waals surface area contributed by atoms with E-state index in [1.54, 1.807) is 22.0 Å². The molecule has 26 heavy (non-hydrogen) atoms. The van der Waals surface area contributed by atoms with E-state index in [2.05, 4.69) is 0 Å². The molecule has 0 spiro atoms. The fourth-order valence-electron chi connectivity index (χ4n) is 3.52. The van der Waals surface area contributed by atoms with Crippen LogP contribution in [0.5, 0.6) is 0 Å². The van der Waals surface area contributed by atoms with Crippen molar-refractivity contribution >= 4 is 39.1 Å². The highest BCUT2D eigenvalue weighted by Crippen LogP contribution is 2.36. The second-order valence-corrected chi connectivity index (χ2v) is 7.90. The van der Waals surface area contributed by atoms with Crippen LogP contribution in [0.15, 0.2) is 29.1 Å². The maximum Gasteiger partial charge on any atom is 0.303 e. The van der Waals surface area contributed by atoms with E-state index >= 15 is 0 Å². The molecule has 134 valence electrons. The smallest absolute Gasteiger partial charge is 0.303 e. The van der Waals surface area contributed by atoms with Crippen LogP contribution in [0, 0.1) is 0 Å². The van der Waals surface area contributed by atoms with Crippen LogP contribution in [0.4, 0.5) is 0 Å². The third kappa shape index (κ3) is 2.93. The molecular formula is C19H17ClN2O3S. The highest BCUT2D eigenvalue weighted by atomic mass is 35.5. The van der Waals surface area contributed by atoms with Crippen LogP contribution in [0.2, 0.25) is 5.02 Å². The lowest BCUT2D eigenvalue weighted by Gasteiger charge is -2.13. The van der Waals surface area contributed by atoms with E-state index in [-0.39, 0.29) is 12.0 Å². The minimum absolute atomic E-state index is 0.00812. The number of aromatic nitrogens is 2. The zero-order valence-corrected chi connectivity index (χ0v) is 15.6. The summed E-state index contributed by atoms with van der Waals surface area (Å²) < 4.78 is 1.60. The van der Waals surface area contributed by atoms with E-state index in [0.29, 0.717) is 34.8 Å². The summed E-state index contributed by atoms with van der Waals surface area (Å²) in [4.78, 5) is 30.9. The van der Waals surface area contributed by atoms with Crippen molar-refractivity contribution in [1.29, 1.82) is 0 Å². The molecule has 1 N–H and O–H groups in total. The molecule has 4 rings (SSSR count). The van der Waals surface area contributed by atoms with Gasteiger partial charge in [-0.15, -0.1) is 11.3 Å². The van der Waals surface area contributed by atoms with Gasteiger partial charge in [0.05, 0.1) is 10.4 Å². The Bertz CT molecular complexity index is 1070. The summed E-state index contributed by atoms with van der Waals surface area (Å²) in [6.07, 6.45) is 3.35. The first-order valence-corrected chi connectivity index (χ1v) is 9.77. The van der Waals surface area contributed by atoms with Crippen molar-refractivity contribution in [2.45, 2.75) is 38.6 Å². The number of carboxylic acids is 1. The molecule has 0 fully saturated rings. The van der Waals surface area contributed by atoms with Gasteiger partial charge in [-0.25, -0.2) is 4.98 Å². The van der Waals surface area contributed by atoms with Gasteiger partial charge in [-0.1, -0.05) is 23.7 Å². The van der Waals surface area contributed by atoms with Crippen molar-refractivity contribution in [1.82, 2.24) is 9.55 Å². The molecule has 1 aliphatic carbocycles. The Morgan fingerprint density at radius 2 is 2.12 bits per heavy atom. The van der Waals surface area contributed by atoms with Crippen LogP contribution < -0.4 is 5.56 Å². The number of fused-ring (bicyclic) bond motifs is 3. The Labute approximate surface area is 158 Å². The molecule has 0 bridgehead atoms. The first-order valence-electron chi connectivity index (χ1n) is 8.58. The van der Waals surface area contributed by atoms with E-state index in [0.717, 1.165) is 29.7 Å². The summed E-state index contributed by atoms with van der Waals surface area (Å²) >= 11 is 7.94. The fourth-order valence-corrected chi connectivity index (χ4v) is 4.99. The maximum absolute atomic E-state index is 13.3. The van der Waals surface area contributed by atoms with Crippen LogP contribution >= 0.6 is 22.9 Å². The zero-order chi connectivity index (χ0) is 18.3. The van der Waals surface area contributed by atoms with Gasteiger partial charge in [0, 0.05) is 23.4 Å². The van der Waals surface area contributed by atoms with Gasteiger partial charge < -0.3 is 5.11 Å². The molecule has 1 aliphatic rings. The predicted molar refractivity (Wildman–Crippen MR) is 103 cm³/mol. The number of halogens is 1. The third-order valence-corrected chi connectivity index (χ3v) is 6.23. The molecule has 1 aromatic carbocycles. The first kappa shape index (κ1) is 17.2. The molecule has 2 heterocycles. The summed E-state index contributed by atoms with van der Waals surface area (Å²) in [7, 11) is 0. The monoisotopic (exact) mass is 388 g/mol. The molecule has 0 amide bonds. The number of carboxylic acid groups (broad SMARTS) is 1. The molecule has 0 unspecified atom stereocenters. The van der Waals surface area contributed by atoms with Gasteiger partial charge in [0.1, 0.15) is 10.7 Å². The number of aryl methyl sites for hydroxylation is 2. The minimum atomic E-state index is -0.872. The van der Waals surface area contributed by atoms with Crippen LogP contribution in [0.1, 0.15) is 29.7 Å². The molecule has 0 saturated heterocycles. The summed E-state index contributed by atoms with van der Waals surface area (Å²) in [5, 5.41) is 10.2. The quantitative estimate of drug-likeness (QED) is 0.713. The van der Waals surface area contributed by atoms with E-state index < -0.39 is 5.97 Å². The number of carbonyl (C=O) groups is 1. The molecule has 0 saturated carbocycles. The molecule has 0 radical (unpaired) electrons. The number of hydrogen-bond donors (Lipinski definition) is 1. The van der Waals surface area contributed by atoms with E-state index in [1.165, 1.54) is 4.88 Å². The minimum Gasteiger partial charge on any atom is -0.481 e. The lowest BCUT2D eigenvalue weighted by atomic mass is 10.1. The maximum atomic E-state index is 13.3. The second kappa shape index (κ2) is 6.85. The van der Waals surface area contributed by atoms with Gasteiger partial charge >= 0.3 is 5.97 Å². The van der Waals surface area contributed by atoms with Crippen molar-refractivity contribution in [2.24, 2.45) is 0 Å². The van der Waals surface area contributed by atoms with Crippen molar-refractivity contribution in [3.05, 3.63) is 50.1 Å². The van der Waals surface area contributed by atoms with Crippen molar-refractivity contribution in [3.8, 4) is 11.4 Å². The van der Waals surface area contributed by atoms with Crippen LogP contribution in [-0.2, 0) is 24.2 Å². The summed E-state index contributed by atoms with van der Waals surface area (Å²) in [5.41, 5.74) is 1.73. The standard InChI is InChI=1S/C19H17ClN2O3S/c20-13-7-2-1-5-11(13)17-21-18-16(12-6-3-8-14(12)26-18)19(25)22(17)10-4-9-15(23)24/h1-2,5,7H,3-4,6,8-10H2,(H,23,24). The third-order valence-electron chi connectivity index (χ3n) is 4.71. The Hall–Kier alpha value is -2.18. The highest BCUT2D eigenvalue weighted by molar-refractivity contribution is 7.18. The molecule has 0 aliphatic heterocycles. The molecule has 7 heteroatoms. The SMILES string of the molecule is O=C(O)CCCn1c(-c2ccccc2Cl)nc2sc3c(c2c1=O)CCC3. The second-order valence-electron chi connectivity index (χ2n) is 6.41. The van der Waals surface area contributed by atoms with Crippen molar-refractivity contribution < 1.29 is 9.90 Å². The Morgan fingerprint density at radius 1 is 1.31 bits per heavy atom. The van der Waals surface area contributed by atoms with Crippen molar-refractivity contribution in [3.63, 3.8) is 0 Å². The largest absolute Gasteiger partial charge is 0.481 e. The number of benzene rings is 1. The first-order chi connectivity index (χ1) is 12.6. The average molecular weight is 389 g/mol. The number of hydrogen-bond acceptors (Lipinski definition) is 4. The number of rotatable bonds is 5. The van der Waals surface area contributed by atoms with Gasteiger partial charge in [0.25, 0.3) is 5.56 Å². The van der Waals surface area contributed by atoms with Crippen LogP contribution in [0.25, 0.3) is 21.6 Å². The van der Waals surface area contributed by atoms with Gasteiger partial charge in [-0.05, 0) is 43.4 Å². The van der Waals surface area contributed by atoms with E-state index in [1.807, 2.05) is 18.2 Å². The zero-order valence-electron chi connectivity index (χ0n) is 14.0. The topological polar surface area (TPSA) is 72.2 Å².